The van der Waals surface area contributed by atoms with Crippen molar-refractivity contribution in [2.24, 2.45) is 5.73 Å². The van der Waals surface area contributed by atoms with Crippen molar-refractivity contribution in [1.29, 1.82) is 0 Å². The van der Waals surface area contributed by atoms with E-state index in [4.69, 9.17) is 5.73 Å². The van der Waals surface area contributed by atoms with Crippen molar-refractivity contribution in [3.8, 4) is 0 Å². The SMILES string of the molecule is CN(Cc1ccccn1)C1(CN)CCCCC1. The molecule has 1 aromatic rings. The minimum absolute atomic E-state index is 0.204. The molecule has 0 saturated heterocycles. The minimum atomic E-state index is 0.204. The van der Waals surface area contributed by atoms with Gasteiger partial charge in [0.2, 0.25) is 0 Å². The lowest BCUT2D eigenvalue weighted by atomic mass is 9.80. The summed E-state index contributed by atoms with van der Waals surface area (Å²) < 4.78 is 0. The van der Waals surface area contributed by atoms with E-state index in [1.165, 1.54) is 32.1 Å². The van der Waals surface area contributed by atoms with Crippen molar-refractivity contribution < 1.29 is 0 Å². The van der Waals surface area contributed by atoms with Crippen LogP contribution >= 0.6 is 0 Å². The van der Waals surface area contributed by atoms with Gasteiger partial charge in [0.15, 0.2) is 0 Å². The van der Waals surface area contributed by atoms with Gasteiger partial charge in [-0.1, -0.05) is 25.3 Å². The quantitative estimate of drug-likeness (QED) is 0.866. The molecular weight excluding hydrogens is 210 g/mol. The van der Waals surface area contributed by atoms with E-state index in [2.05, 4.69) is 23.0 Å². The molecule has 1 saturated carbocycles. The van der Waals surface area contributed by atoms with Gasteiger partial charge in [0.05, 0.1) is 5.69 Å². The van der Waals surface area contributed by atoms with E-state index in [-0.39, 0.29) is 5.54 Å². The number of hydrogen-bond donors (Lipinski definition) is 1. The molecule has 1 heterocycles. The Morgan fingerprint density at radius 1 is 1.29 bits per heavy atom. The largest absolute Gasteiger partial charge is 0.329 e. The van der Waals surface area contributed by atoms with Gasteiger partial charge in [0.1, 0.15) is 0 Å². The van der Waals surface area contributed by atoms with Crippen LogP contribution in [0.2, 0.25) is 0 Å². The van der Waals surface area contributed by atoms with Crippen molar-refractivity contribution >= 4 is 0 Å². The van der Waals surface area contributed by atoms with Gasteiger partial charge in [-0.15, -0.1) is 0 Å². The molecule has 1 fully saturated rings. The Balaban J connectivity index is 2.04. The number of likely N-dealkylation sites (N-methyl/N-ethyl adjacent to an activating group) is 1. The molecular formula is C14H23N3. The summed E-state index contributed by atoms with van der Waals surface area (Å²) in [5.41, 5.74) is 7.37. The summed E-state index contributed by atoms with van der Waals surface area (Å²) in [6.07, 6.45) is 8.30. The molecule has 0 bridgehead atoms. The normalized spacial score (nSPS) is 19.5. The van der Waals surface area contributed by atoms with Crippen molar-refractivity contribution in [3.63, 3.8) is 0 Å². The molecule has 0 aromatic carbocycles. The second-order valence-electron chi connectivity index (χ2n) is 5.17. The second kappa shape index (κ2) is 5.61. The van der Waals surface area contributed by atoms with Crippen LogP contribution in [0, 0.1) is 0 Å². The van der Waals surface area contributed by atoms with Crippen LogP contribution in [0.15, 0.2) is 24.4 Å². The van der Waals surface area contributed by atoms with E-state index >= 15 is 0 Å². The third-order valence-corrected chi connectivity index (χ3v) is 4.10. The molecule has 0 aliphatic heterocycles. The molecule has 1 aliphatic rings. The molecule has 0 amide bonds. The maximum Gasteiger partial charge on any atom is 0.0544 e. The first-order valence-electron chi connectivity index (χ1n) is 6.58. The van der Waals surface area contributed by atoms with Crippen molar-refractivity contribution in [1.82, 2.24) is 9.88 Å². The Kier molecular flexibility index (Phi) is 4.13. The average molecular weight is 233 g/mol. The fourth-order valence-corrected chi connectivity index (χ4v) is 2.85. The van der Waals surface area contributed by atoms with E-state index in [1.807, 2.05) is 18.3 Å². The van der Waals surface area contributed by atoms with Gasteiger partial charge < -0.3 is 5.73 Å². The molecule has 0 unspecified atom stereocenters. The fraction of sp³-hybridized carbons (Fsp3) is 0.643. The lowest BCUT2D eigenvalue weighted by Gasteiger charge is -2.44. The Hall–Kier alpha value is -0.930. The molecule has 94 valence electrons. The third-order valence-electron chi connectivity index (χ3n) is 4.10. The molecule has 1 aliphatic carbocycles. The summed E-state index contributed by atoms with van der Waals surface area (Å²) in [5, 5.41) is 0. The summed E-state index contributed by atoms with van der Waals surface area (Å²) in [6, 6.07) is 6.10. The zero-order valence-electron chi connectivity index (χ0n) is 10.7. The number of nitrogens with two attached hydrogens (primary N) is 1. The van der Waals surface area contributed by atoms with Crippen LogP contribution in [-0.4, -0.2) is 29.0 Å². The lowest BCUT2D eigenvalue weighted by Crippen LogP contribution is -2.52. The molecule has 1 aromatic heterocycles. The van der Waals surface area contributed by atoms with Crippen LogP contribution in [0.5, 0.6) is 0 Å². The molecule has 2 N–H and O–H groups in total. The zero-order valence-corrected chi connectivity index (χ0v) is 10.7. The lowest BCUT2D eigenvalue weighted by molar-refractivity contribution is 0.0747. The standard InChI is InChI=1S/C14H23N3/c1-17(11-13-7-3-6-10-16-13)14(12-15)8-4-2-5-9-14/h3,6-7,10H,2,4-5,8-9,11-12,15H2,1H3. The Morgan fingerprint density at radius 3 is 2.65 bits per heavy atom. The summed E-state index contributed by atoms with van der Waals surface area (Å²) in [7, 11) is 2.19. The van der Waals surface area contributed by atoms with Gasteiger partial charge in [-0.2, -0.15) is 0 Å². The fourth-order valence-electron chi connectivity index (χ4n) is 2.85. The van der Waals surface area contributed by atoms with Gasteiger partial charge in [0, 0.05) is 24.8 Å². The first kappa shape index (κ1) is 12.5. The van der Waals surface area contributed by atoms with Crippen LogP contribution in [0.1, 0.15) is 37.8 Å². The van der Waals surface area contributed by atoms with Crippen molar-refractivity contribution in [3.05, 3.63) is 30.1 Å². The topological polar surface area (TPSA) is 42.2 Å². The number of rotatable bonds is 4. The van der Waals surface area contributed by atoms with Gasteiger partial charge in [0.25, 0.3) is 0 Å². The first-order chi connectivity index (χ1) is 8.27. The highest BCUT2D eigenvalue weighted by atomic mass is 15.2. The van der Waals surface area contributed by atoms with Crippen molar-refractivity contribution in [2.45, 2.75) is 44.2 Å². The summed E-state index contributed by atoms with van der Waals surface area (Å²) in [4.78, 5) is 6.81. The minimum Gasteiger partial charge on any atom is -0.329 e. The maximum atomic E-state index is 6.03. The highest BCUT2D eigenvalue weighted by Gasteiger charge is 2.34. The molecule has 17 heavy (non-hydrogen) atoms. The summed E-state index contributed by atoms with van der Waals surface area (Å²) in [5.74, 6) is 0. The molecule has 0 atom stereocenters. The maximum absolute atomic E-state index is 6.03. The van der Waals surface area contributed by atoms with E-state index in [0.29, 0.717) is 0 Å². The number of pyridine rings is 1. The average Bonchev–Trinajstić information content (AvgIpc) is 2.40. The summed E-state index contributed by atoms with van der Waals surface area (Å²) in [6.45, 7) is 1.66. The summed E-state index contributed by atoms with van der Waals surface area (Å²) >= 11 is 0. The molecule has 0 radical (unpaired) electrons. The second-order valence-corrected chi connectivity index (χ2v) is 5.17. The number of aromatic nitrogens is 1. The molecule has 2 rings (SSSR count). The smallest absolute Gasteiger partial charge is 0.0544 e. The predicted octanol–water partition coefficient (Wildman–Crippen LogP) is 2.17. The molecule has 3 nitrogen and oxygen atoms in total. The van der Waals surface area contributed by atoms with Crippen LogP contribution in [-0.2, 0) is 6.54 Å². The highest BCUT2D eigenvalue weighted by molar-refractivity contribution is 5.05. The first-order valence-corrected chi connectivity index (χ1v) is 6.58. The zero-order chi connectivity index (χ0) is 12.1. The number of hydrogen-bond acceptors (Lipinski definition) is 3. The van der Waals surface area contributed by atoms with Gasteiger partial charge in [-0.25, -0.2) is 0 Å². The van der Waals surface area contributed by atoms with E-state index in [1.54, 1.807) is 0 Å². The van der Waals surface area contributed by atoms with E-state index in [0.717, 1.165) is 18.8 Å². The molecule has 0 spiro atoms. The van der Waals surface area contributed by atoms with Crippen LogP contribution in [0.4, 0.5) is 0 Å². The van der Waals surface area contributed by atoms with Crippen LogP contribution in [0.25, 0.3) is 0 Å². The molecule has 3 heteroatoms. The highest BCUT2D eigenvalue weighted by Crippen LogP contribution is 2.32. The van der Waals surface area contributed by atoms with Crippen molar-refractivity contribution in [2.75, 3.05) is 13.6 Å². The van der Waals surface area contributed by atoms with Gasteiger partial charge in [-0.05, 0) is 32.0 Å². The predicted molar refractivity (Wildman–Crippen MR) is 70.6 cm³/mol. The number of nitrogens with zero attached hydrogens (tertiary/aromatic N) is 2. The van der Waals surface area contributed by atoms with Gasteiger partial charge >= 0.3 is 0 Å². The van der Waals surface area contributed by atoms with E-state index < -0.39 is 0 Å². The Morgan fingerprint density at radius 2 is 2.06 bits per heavy atom. The Bertz CT molecular complexity index is 331. The van der Waals surface area contributed by atoms with Crippen LogP contribution < -0.4 is 5.73 Å². The van der Waals surface area contributed by atoms with Gasteiger partial charge in [-0.3, -0.25) is 9.88 Å². The van der Waals surface area contributed by atoms with E-state index in [9.17, 15) is 0 Å². The Labute approximate surface area is 104 Å². The van der Waals surface area contributed by atoms with Crippen LogP contribution in [0.3, 0.4) is 0 Å². The third kappa shape index (κ3) is 2.85. The monoisotopic (exact) mass is 233 g/mol.